The number of carbonyl (C=O) groups is 1. The number of anilines is 2. The number of pyridine rings is 1. The van der Waals surface area contributed by atoms with E-state index in [1.54, 1.807) is 0 Å². The summed E-state index contributed by atoms with van der Waals surface area (Å²) in [7, 11) is 0. The maximum atomic E-state index is 12.7. The Morgan fingerprint density at radius 2 is 1.89 bits per heavy atom. The van der Waals surface area contributed by atoms with Gasteiger partial charge in [-0.2, -0.15) is 0 Å². The van der Waals surface area contributed by atoms with Crippen molar-refractivity contribution in [3.63, 3.8) is 0 Å². The first-order valence-corrected chi connectivity index (χ1v) is 9.92. The number of carbonyl (C=O) groups excluding carboxylic acids is 1. The molecular formula is C22H30N4O2. The molecule has 0 bridgehead atoms. The molecule has 3 N–H and O–H groups in total. The average molecular weight is 383 g/mol. The van der Waals surface area contributed by atoms with E-state index in [0.29, 0.717) is 11.4 Å². The van der Waals surface area contributed by atoms with Crippen molar-refractivity contribution in [2.45, 2.75) is 53.6 Å². The molecule has 1 aromatic carbocycles. The molecule has 0 fully saturated rings. The van der Waals surface area contributed by atoms with Crippen molar-refractivity contribution < 1.29 is 9.53 Å². The zero-order chi connectivity index (χ0) is 20.6. The van der Waals surface area contributed by atoms with Crippen LogP contribution in [0.3, 0.4) is 0 Å². The summed E-state index contributed by atoms with van der Waals surface area (Å²) in [5.41, 5.74) is 10.2. The fourth-order valence-electron chi connectivity index (χ4n) is 3.57. The van der Waals surface area contributed by atoms with Crippen molar-refractivity contribution in [1.29, 1.82) is 0 Å². The minimum atomic E-state index is -0.593. The standard InChI is InChI=1S/C22H30N4O2/c1-7-15-17-18(23)20(21(27)28-22(4,5)6)25-19(17)14-12-13(26(8-2)9-3)10-11-16(14)24-15/h10-12,25H,7-9,23H2,1-6H3. The van der Waals surface area contributed by atoms with Gasteiger partial charge >= 0.3 is 5.97 Å². The van der Waals surface area contributed by atoms with E-state index in [0.717, 1.165) is 52.7 Å². The highest BCUT2D eigenvalue weighted by Gasteiger charge is 2.25. The molecule has 0 atom stereocenters. The molecule has 3 rings (SSSR count). The van der Waals surface area contributed by atoms with Crippen LogP contribution in [-0.2, 0) is 11.2 Å². The number of H-pyrrole nitrogens is 1. The molecule has 0 amide bonds. The summed E-state index contributed by atoms with van der Waals surface area (Å²) in [6.07, 6.45) is 0.722. The molecule has 0 saturated heterocycles. The Morgan fingerprint density at radius 3 is 2.46 bits per heavy atom. The molecule has 6 nitrogen and oxygen atoms in total. The van der Waals surface area contributed by atoms with E-state index in [1.807, 2.05) is 33.8 Å². The smallest absolute Gasteiger partial charge is 0.357 e. The van der Waals surface area contributed by atoms with Crippen LogP contribution in [0, 0.1) is 0 Å². The van der Waals surface area contributed by atoms with Crippen molar-refractivity contribution in [2.75, 3.05) is 23.7 Å². The number of aryl methyl sites for hydroxylation is 1. The van der Waals surface area contributed by atoms with Gasteiger partial charge in [0.15, 0.2) is 0 Å². The molecule has 28 heavy (non-hydrogen) atoms. The van der Waals surface area contributed by atoms with Crippen LogP contribution in [0.4, 0.5) is 11.4 Å². The van der Waals surface area contributed by atoms with E-state index >= 15 is 0 Å². The molecule has 0 spiro atoms. The lowest BCUT2D eigenvalue weighted by atomic mass is 10.1. The lowest BCUT2D eigenvalue weighted by molar-refractivity contribution is 0.00652. The molecule has 0 aliphatic heterocycles. The number of aromatic nitrogens is 2. The van der Waals surface area contributed by atoms with Crippen molar-refractivity contribution in [2.24, 2.45) is 0 Å². The van der Waals surface area contributed by atoms with Crippen LogP contribution in [0.1, 0.15) is 57.7 Å². The highest BCUT2D eigenvalue weighted by molar-refractivity contribution is 6.15. The Hall–Kier alpha value is -2.76. The van der Waals surface area contributed by atoms with Crippen molar-refractivity contribution in [3.8, 4) is 0 Å². The van der Waals surface area contributed by atoms with Crippen molar-refractivity contribution in [1.82, 2.24) is 9.97 Å². The molecule has 0 aliphatic carbocycles. The van der Waals surface area contributed by atoms with E-state index in [9.17, 15) is 4.79 Å². The summed E-state index contributed by atoms with van der Waals surface area (Å²) >= 11 is 0. The normalized spacial score (nSPS) is 11.9. The van der Waals surface area contributed by atoms with Gasteiger partial charge in [0.2, 0.25) is 0 Å². The molecule has 150 valence electrons. The summed E-state index contributed by atoms with van der Waals surface area (Å²) < 4.78 is 5.54. The number of nitrogen functional groups attached to an aromatic ring is 1. The van der Waals surface area contributed by atoms with Gasteiger partial charge in [-0.25, -0.2) is 4.79 Å². The number of fused-ring (bicyclic) bond motifs is 3. The summed E-state index contributed by atoms with van der Waals surface area (Å²) in [4.78, 5) is 23.0. The first-order valence-electron chi connectivity index (χ1n) is 9.92. The molecular weight excluding hydrogens is 352 g/mol. The second-order valence-electron chi connectivity index (χ2n) is 7.95. The topological polar surface area (TPSA) is 84.2 Å². The summed E-state index contributed by atoms with van der Waals surface area (Å²) in [5, 5.41) is 1.77. The minimum Gasteiger partial charge on any atom is -0.455 e. The predicted molar refractivity (Wildman–Crippen MR) is 116 cm³/mol. The number of rotatable bonds is 5. The fraction of sp³-hybridized carbons (Fsp3) is 0.455. The van der Waals surface area contributed by atoms with E-state index < -0.39 is 11.6 Å². The van der Waals surface area contributed by atoms with Crippen LogP contribution < -0.4 is 10.6 Å². The first-order chi connectivity index (χ1) is 13.2. The van der Waals surface area contributed by atoms with Gasteiger partial charge in [-0.15, -0.1) is 0 Å². The fourth-order valence-corrected chi connectivity index (χ4v) is 3.57. The van der Waals surface area contributed by atoms with E-state index in [1.165, 1.54) is 0 Å². The highest BCUT2D eigenvalue weighted by atomic mass is 16.6. The zero-order valence-corrected chi connectivity index (χ0v) is 17.6. The van der Waals surface area contributed by atoms with E-state index in [4.69, 9.17) is 15.5 Å². The van der Waals surface area contributed by atoms with Crippen LogP contribution in [0.5, 0.6) is 0 Å². The Morgan fingerprint density at radius 1 is 1.21 bits per heavy atom. The lowest BCUT2D eigenvalue weighted by Gasteiger charge is -2.21. The SMILES string of the molecule is CCc1nc2ccc(N(CC)CC)cc2c2[nH]c(C(=O)OC(C)(C)C)c(N)c12. The molecule has 2 heterocycles. The number of nitrogens with one attached hydrogen (secondary N) is 1. The third-order valence-corrected chi connectivity index (χ3v) is 4.90. The third kappa shape index (κ3) is 3.51. The Balaban J connectivity index is 2.28. The average Bonchev–Trinajstić information content (AvgIpc) is 2.99. The van der Waals surface area contributed by atoms with Crippen LogP contribution in [0.2, 0.25) is 0 Å². The molecule has 2 aromatic heterocycles. The predicted octanol–water partition coefficient (Wildman–Crippen LogP) is 4.66. The van der Waals surface area contributed by atoms with Gasteiger partial charge in [0.05, 0.1) is 22.4 Å². The Labute approximate surface area is 166 Å². The van der Waals surface area contributed by atoms with Gasteiger partial charge < -0.3 is 20.4 Å². The summed E-state index contributed by atoms with van der Waals surface area (Å²) in [5.74, 6) is -0.448. The molecule has 3 aromatic rings. The largest absolute Gasteiger partial charge is 0.455 e. The van der Waals surface area contributed by atoms with Crippen LogP contribution in [-0.4, -0.2) is 34.6 Å². The van der Waals surface area contributed by atoms with Gasteiger partial charge in [0.25, 0.3) is 0 Å². The van der Waals surface area contributed by atoms with Gasteiger partial charge in [-0.3, -0.25) is 4.98 Å². The second kappa shape index (κ2) is 7.34. The number of nitrogens with two attached hydrogens (primary N) is 1. The first kappa shape index (κ1) is 20.0. The number of hydrogen-bond acceptors (Lipinski definition) is 5. The van der Waals surface area contributed by atoms with Crippen molar-refractivity contribution in [3.05, 3.63) is 29.6 Å². The van der Waals surface area contributed by atoms with Gasteiger partial charge in [-0.1, -0.05) is 6.92 Å². The molecule has 0 aliphatic rings. The van der Waals surface area contributed by atoms with Gasteiger partial charge in [0, 0.05) is 29.5 Å². The number of esters is 1. The monoisotopic (exact) mass is 382 g/mol. The number of aromatic amines is 1. The maximum Gasteiger partial charge on any atom is 0.357 e. The number of nitrogens with zero attached hydrogens (tertiary/aromatic N) is 2. The Kier molecular flexibility index (Phi) is 5.24. The minimum absolute atomic E-state index is 0.294. The molecule has 6 heteroatoms. The number of ether oxygens (including phenoxy) is 1. The maximum absolute atomic E-state index is 12.7. The molecule has 0 radical (unpaired) electrons. The quantitative estimate of drug-likeness (QED) is 0.627. The third-order valence-electron chi connectivity index (χ3n) is 4.90. The van der Waals surface area contributed by atoms with Gasteiger partial charge in [0.1, 0.15) is 11.3 Å². The van der Waals surface area contributed by atoms with Crippen molar-refractivity contribution >= 4 is 39.1 Å². The summed E-state index contributed by atoms with van der Waals surface area (Å²) in [6, 6.07) is 6.24. The zero-order valence-electron chi connectivity index (χ0n) is 17.6. The highest BCUT2D eigenvalue weighted by Crippen LogP contribution is 2.35. The number of hydrogen-bond donors (Lipinski definition) is 2. The Bertz CT molecular complexity index is 1030. The molecule has 0 unspecified atom stereocenters. The van der Waals surface area contributed by atoms with E-state index in [-0.39, 0.29) is 0 Å². The molecule has 0 saturated carbocycles. The number of benzene rings is 1. The lowest BCUT2D eigenvalue weighted by Crippen LogP contribution is -2.24. The second-order valence-corrected chi connectivity index (χ2v) is 7.95. The van der Waals surface area contributed by atoms with Gasteiger partial charge in [-0.05, 0) is 59.2 Å². The van der Waals surface area contributed by atoms with Crippen LogP contribution in [0.15, 0.2) is 18.2 Å². The summed E-state index contributed by atoms with van der Waals surface area (Å²) in [6.45, 7) is 13.7. The van der Waals surface area contributed by atoms with Crippen LogP contribution in [0.25, 0.3) is 21.8 Å². The van der Waals surface area contributed by atoms with Crippen LogP contribution >= 0.6 is 0 Å². The van der Waals surface area contributed by atoms with E-state index in [2.05, 4.69) is 35.9 Å².